The first-order valence-corrected chi connectivity index (χ1v) is 6.55. The quantitative estimate of drug-likeness (QED) is 0.820. The molecule has 0 unspecified atom stereocenters. The molecule has 0 saturated heterocycles. The lowest BCUT2D eigenvalue weighted by atomic mass is 10.1. The van der Waals surface area contributed by atoms with Crippen LogP contribution in [-0.4, -0.2) is 19.6 Å². The first-order valence-electron chi connectivity index (χ1n) is 5.76. The van der Waals surface area contributed by atoms with Gasteiger partial charge in [0.15, 0.2) is 0 Å². The topological polar surface area (TPSA) is 38.3 Å². The van der Waals surface area contributed by atoms with Gasteiger partial charge in [-0.05, 0) is 24.6 Å². The Labute approximate surface area is 111 Å². The Hall–Kier alpha value is -1.03. The van der Waals surface area contributed by atoms with Crippen molar-refractivity contribution < 1.29 is 9.53 Å². The summed E-state index contributed by atoms with van der Waals surface area (Å²) in [5, 5.41) is 2.89. The van der Waals surface area contributed by atoms with Crippen molar-refractivity contribution in [2.24, 2.45) is 0 Å². The smallest absolute Gasteiger partial charge is 0.224 e. The molecular weight excluding hydrogens is 282 g/mol. The van der Waals surface area contributed by atoms with Crippen molar-refractivity contribution in [1.82, 2.24) is 5.32 Å². The van der Waals surface area contributed by atoms with Gasteiger partial charge in [-0.2, -0.15) is 0 Å². The fraction of sp³-hybridized carbons (Fsp3) is 0.462. The number of halogens is 1. The molecule has 1 N–H and O–H groups in total. The molecule has 3 nitrogen and oxygen atoms in total. The number of benzene rings is 1. The summed E-state index contributed by atoms with van der Waals surface area (Å²) >= 11 is 3.39. The summed E-state index contributed by atoms with van der Waals surface area (Å²) in [7, 11) is 1.61. The third kappa shape index (κ3) is 4.77. The Morgan fingerprint density at radius 3 is 2.88 bits per heavy atom. The average Bonchev–Trinajstić information content (AvgIpc) is 2.29. The standard InChI is InChI=1S/C13H18BrNO2/c1-3-4-7-15-13(16)9-10-8-11(14)5-6-12(10)17-2/h5-6,8H,3-4,7,9H2,1-2H3,(H,15,16). The Kier molecular flexibility index (Phi) is 6.05. The van der Waals surface area contributed by atoms with Gasteiger partial charge >= 0.3 is 0 Å². The zero-order valence-electron chi connectivity index (χ0n) is 10.3. The molecule has 0 aliphatic rings. The first kappa shape index (κ1) is 14.0. The van der Waals surface area contributed by atoms with Crippen molar-refractivity contribution in [3.05, 3.63) is 28.2 Å². The summed E-state index contributed by atoms with van der Waals surface area (Å²) in [6.07, 6.45) is 2.45. The van der Waals surface area contributed by atoms with E-state index in [0.717, 1.165) is 35.2 Å². The predicted octanol–water partition coefficient (Wildman–Crippen LogP) is 2.92. The van der Waals surface area contributed by atoms with Crippen LogP contribution in [0.5, 0.6) is 5.75 Å². The Bertz CT molecular complexity index is 380. The number of hydrogen-bond acceptors (Lipinski definition) is 2. The van der Waals surface area contributed by atoms with Crippen molar-refractivity contribution in [3.63, 3.8) is 0 Å². The second-order valence-corrected chi connectivity index (χ2v) is 4.75. The van der Waals surface area contributed by atoms with Crippen LogP contribution >= 0.6 is 15.9 Å². The molecule has 0 fully saturated rings. The van der Waals surface area contributed by atoms with E-state index in [1.165, 1.54) is 0 Å². The van der Waals surface area contributed by atoms with Gasteiger partial charge in [-0.15, -0.1) is 0 Å². The van der Waals surface area contributed by atoms with Gasteiger partial charge in [0.2, 0.25) is 5.91 Å². The van der Waals surface area contributed by atoms with Gasteiger partial charge in [-0.25, -0.2) is 0 Å². The Morgan fingerprint density at radius 2 is 2.24 bits per heavy atom. The van der Waals surface area contributed by atoms with Crippen molar-refractivity contribution in [3.8, 4) is 5.75 Å². The molecule has 4 heteroatoms. The monoisotopic (exact) mass is 299 g/mol. The molecule has 17 heavy (non-hydrogen) atoms. The minimum absolute atomic E-state index is 0.0369. The van der Waals surface area contributed by atoms with Crippen LogP contribution in [0.4, 0.5) is 0 Å². The Balaban J connectivity index is 2.60. The molecule has 0 bridgehead atoms. The number of nitrogens with one attached hydrogen (secondary N) is 1. The molecule has 1 aromatic carbocycles. The van der Waals surface area contributed by atoms with E-state index in [4.69, 9.17) is 4.74 Å². The fourth-order valence-corrected chi connectivity index (χ4v) is 1.93. The van der Waals surface area contributed by atoms with Crippen molar-refractivity contribution in [2.45, 2.75) is 26.2 Å². The molecule has 0 aliphatic carbocycles. The van der Waals surface area contributed by atoms with E-state index in [-0.39, 0.29) is 5.91 Å². The van der Waals surface area contributed by atoms with Crippen LogP contribution in [0.3, 0.4) is 0 Å². The second-order valence-electron chi connectivity index (χ2n) is 3.84. The number of carbonyl (C=O) groups is 1. The lowest BCUT2D eigenvalue weighted by molar-refractivity contribution is -0.120. The van der Waals surface area contributed by atoms with Crippen LogP contribution in [0.15, 0.2) is 22.7 Å². The van der Waals surface area contributed by atoms with E-state index < -0.39 is 0 Å². The van der Waals surface area contributed by atoms with E-state index in [2.05, 4.69) is 28.2 Å². The summed E-state index contributed by atoms with van der Waals surface area (Å²) in [6, 6.07) is 5.67. The fourth-order valence-electron chi connectivity index (χ4n) is 1.53. The van der Waals surface area contributed by atoms with Gasteiger partial charge in [0.25, 0.3) is 0 Å². The third-order valence-electron chi connectivity index (χ3n) is 2.45. The summed E-state index contributed by atoms with van der Waals surface area (Å²) < 4.78 is 6.18. The molecular formula is C13H18BrNO2. The van der Waals surface area contributed by atoms with Crippen molar-refractivity contribution in [2.75, 3.05) is 13.7 Å². The van der Waals surface area contributed by atoms with Crippen LogP contribution in [-0.2, 0) is 11.2 Å². The van der Waals surface area contributed by atoms with E-state index >= 15 is 0 Å². The highest BCUT2D eigenvalue weighted by molar-refractivity contribution is 9.10. The van der Waals surface area contributed by atoms with Gasteiger partial charge in [-0.1, -0.05) is 29.3 Å². The van der Waals surface area contributed by atoms with Crippen LogP contribution in [0.25, 0.3) is 0 Å². The van der Waals surface area contributed by atoms with E-state index in [0.29, 0.717) is 6.42 Å². The number of rotatable bonds is 6. The minimum Gasteiger partial charge on any atom is -0.496 e. The molecule has 94 valence electrons. The molecule has 0 spiro atoms. The lowest BCUT2D eigenvalue weighted by Gasteiger charge is -2.09. The van der Waals surface area contributed by atoms with E-state index in [9.17, 15) is 4.79 Å². The van der Waals surface area contributed by atoms with Gasteiger partial charge in [0.1, 0.15) is 5.75 Å². The molecule has 0 radical (unpaired) electrons. The summed E-state index contributed by atoms with van der Waals surface area (Å²) in [5.41, 5.74) is 0.899. The SMILES string of the molecule is CCCCNC(=O)Cc1cc(Br)ccc1OC. The number of hydrogen-bond donors (Lipinski definition) is 1. The van der Waals surface area contributed by atoms with Gasteiger partial charge in [-0.3, -0.25) is 4.79 Å². The summed E-state index contributed by atoms with van der Waals surface area (Å²) in [5.74, 6) is 0.786. The van der Waals surface area contributed by atoms with Gasteiger partial charge in [0, 0.05) is 16.6 Å². The predicted molar refractivity (Wildman–Crippen MR) is 72.3 cm³/mol. The highest BCUT2D eigenvalue weighted by Crippen LogP contribution is 2.23. The summed E-state index contributed by atoms with van der Waals surface area (Å²) in [6.45, 7) is 2.84. The number of ether oxygens (including phenoxy) is 1. The zero-order valence-corrected chi connectivity index (χ0v) is 11.8. The number of methoxy groups -OCH3 is 1. The maximum atomic E-state index is 11.7. The van der Waals surface area contributed by atoms with Crippen molar-refractivity contribution >= 4 is 21.8 Å². The van der Waals surface area contributed by atoms with Crippen LogP contribution < -0.4 is 10.1 Å². The van der Waals surface area contributed by atoms with Crippen LogP contribution in [0.1, 0.15) is 25.3 Å². The molecule has 0 heterocycles. The highest BCUT2D eigenvalue weighted by atomic mass is 79.9. The van der Waals surface area contributed by atoms with E-state index in [1.807, 2.05) is 18.2 Å². The maximum absolute atomic E-state index is 11.7. The Morgan fingerprint density at radius 1 is 1.47 bits per heavy atom. The molecule has 1 aromatic rings. The summed E-state index contributed by atoms with van der Waals surface area (Å²) in [4.78, 5) is 11.7. The zero-order chi connectivity index (χ0) is 12.7. The van der Waals surface area contributed by atoms with E-state index in [1.54, 1.807) is 7.11 Å². The molecule has 1 amide bonds. The van der Waals surface area contributed by atoms with Crippen molar-refractivity contribution in [1.29, 1.82) is 0 Å². The molecule has 1 rings (SSSR count). The van der Waals surface area contributed by atoms with Gasteiger partial charge < -0.3 is 10.1 Å². The largest absolute Gasteiger partial charge is 0.496 e. The number of amides is 1. The molecule has 0 atom stereocenters. The molecule has 0 aromatic heterocycles. The average molecular weight is 300 g/mol. The first-order chi connectivity index (χ1) is 8.17. The maximum Gasteiger partial charge on any atom is 0.224 e. The number of carbonyl (C=O) groups excluding carboxylic acids is 1. The highest BCUT2D eigenvalue weighted by Gasteiger charge is 2.08. The minimum atomic E-state index is 0.0369. The molecule has 0 aliphatic heterocycles. The lowest BCUT2D eigenvalue weighted by Crippen LogP contribution is -2.26. The number of unbranched alkanes of at least 4 members (excludes halogenated alkanes) is 1. The normalized spacial score (nSPS) is 10.1. The van der Waals surface area contributed by atoms with Crippen LogP contribution in [0.2, 0.25) is 0 Å². The van der Waals surface area contributed by atoms with Gasteiger partial charge in [0.05, 0.1) is 13.5 Å². The third-order valence-corrected chi connectivity index (χ3v) is 2.94. The van der Waals surface area contributed by atoms with Crippen LogP contribution in [0, 0.1) is 0 Å². The molecule has 0 saturated carbocycles. The second kappa shape index (κ2) is 7.33.